The molecular formula is C16H18N2O4. The fourth-order valence-corrected chi connectivity index (χ4v) is 2.92. The van der Waals surface area contributed by atoms with Gasteiger partial charge in [-0.15, -0.1) is 0 Å². The quantitative estimate of drug-likeness (QED) is 0.884. The van der Waals surface area contributed by atoms with Gasteiger partial charge in [0.25, 0.3) is 5.91 Å². The molecule has 116 valence electrons. The molecule has 1 fully saturated rings. The minimum absolute atomic E-state index is 0.0272. The second kappa shape index (κ2) is 5.46. The van der Waals surface area contributed by atoms with Crippen molar-refractivity contribution in [2.45, 2.75) is 19.9 Å². The van der Waals surface area contributed by atoms with Crippen molar-refractivity contribution in [3.63, 3.8) is 0 Å². The standard InChI is InChI=1S/C16H18N2O4/c1-9-5-10(2)11-7-13(17-12(11)6-9)15(19)18-3-4-22-8-14(18)16(20)21/h5-7,14,17H,3-4,8H2,1-2H3,(H,20,21)/t14-/m1/s1. The molecule has 0 spiro atoms. The van der Waals surface area contributed by atoms with Crippen molar-refractivity contribution in [3.05, 3.63) is 35.0 Å². The number of carbonyl (C=O) groups excluding carboxylic acids is 1. The SMILES string of the molecule is Cc1cc(C)c2cc(C(=O)N3CCOC[C@@H]3C(=O)O)[nH]c2c1. The van der Waals surface area contributed by atoms with Gasteiger partial charge in [0.1, 0.15) is 5.69 Å². The van der Waals surface area contributed by atoms with Crippen LogP contribution in [0.5, 0.6) is 0 Å². The van der Waals surface area contributed by atoms with Gasteiger partial charge < -0.3 is 19.7 Å². The summed E-state index contributed by atoms with van der Waals surface area (Å²) < 4.78 is 5.17. The zero-order valence-corrected chi connectivity index (χ0v) is 12.5. The van der Waals surface area contributed by atoms with Crippen molar-refractivity contribution in [2.75, 3.05) is 19.8 Å². The van der Waals surface area contributed by atoms with E-state index in [-0.39, 0.29) is 19.1 Å². The van der Waals surface area contributed by atoms with Crippen LogP contribution in [0.25, 0.3) is 10.9 Å². The summed E-state index contributed by atoms with van der Waals surface area (Å²) in [6.45, 7) is 4.65. The Hall–Kier alpha value is -2.34. The van der Waals surface area contributed by atoms with Gasteiger partial charge >= 0.3 is 5.97 Å². The first-order valence-corrected chi connectivity index (χ1v) is 7.19. The number of carbonyl (C=O) groups is 2. The van der Waals surface area contributed by atoms with Crippen molar-refractivity contribution in [1.29, 1.82) is 0 Å². The second-order valence-electron chi connectivity index (χ2n) is 5.65. The molecule has 0 aliphatic carbocycles. The van der Waals surface area contributed by atoms with Gasteiger partial charge in [-0.1, -0.05) is 6.07 Å². The first-order valence-electron chi connectivity index (χ1n) is 7.19. The normalized spacial score (nSPS) is 18.6. The molecule has 1 aromatic carbocycles. The van der Waals surface area contributed by atoms with Crippen LogP contribution < -0.4 is 0 Å². The Kier molecular flexibility index (Phi) is 3.62. The Morgan fingerprint density at radius 3 is 2.82 bits per heavy atom. The van der Waals surface area contributed by atoms with E-state index in [9.17, 15) is 14.7 Å². The predicted molar refractivity (Wildman–Crippen MR) is 81.1 cm³/mol. The molecule has 2 heterocycles. The molecule has 6 nitrogen and oxygen atoms in total. The first kappa shape index (κ1) is 14.6. The fourth-order valence-electron chi connectivity index (χ4n) is 2.92. The summed E-state index contributed by atoms with van der Waals surface area (Å²) in [6.07, 6.45) is 0. The van der Waals surface area contributed by atoms with Crippen molar-refractivity contribution in [1.82, 2.24) is 9.88 Å². The molecule has 1 aliphatic rings. The number of carboxylic acids is 1. The Labute approximate surface area is 127 Å². The number of benzene rings is 1. The van der Waals surface area contributed by atoms with Gasteiger partial charge in [0.15, 0.2) is 6.04 Å². The summed E-state index contributed by atoms with van der Waals surface area (Å²) in [5.41, 5.74) is 3.50. The minimum atomic E-state index is -1.05. The zero-order valence-electron chi connectivity index (χ0n) is 12.5. The van der Waals surface area contributed by atoms with Crippen LogP contribution in [-0.4, -0.2) is 52.7 Å². The highest BCUT2D eigenvalue weighted by molar-refractivity contribution is 6.00. The largest absolute Gasteiger partial charge is 0.480 e. The van der Waals surface area contributed by atoms with E-state index in [1.165, 1.54) is 4.90 Å². The van der Waals surface area contributed by atoms with Crippen molar-refractivity contribution < 1.29 is 19.4 Å². The number of rotatable bonds is 2. The Morgan fingerprint density at radius 2 is 2.09 bits per heavy atom. The van der Waals surface area contributed by atoms with E-state index in [1.54, 1.807) is 6.07 Å². The van der Waals surface area contributed by atoms with E-state index < -0.39 is 12.0 Å². The number of nitrogens with one attached hydrogen (secondary N) is 1. The average molecular weight is 302 g/mol. The highest BCUT2D eigenvalue weighted by Crippen LogP contribution is 2.23. The van der Waals surface area contributed by atoms with Gasteiger partial charge in [-0.25, -0.2) is 4.79 Å². The Bertz CT molecular complexity index is 750. The number of H-pyrrole nitrogens is 1. The molecule has 22 heavy (non-hydrogen) atoms. The summed E-state index contributed by atoms with van der Waals surface area (Å²) in [4.78, 5) is 28.4. The molecule has 0 unspecified atom stereocenters. The molecule has 0 bridgehead atoms. The number of aromatic nitrogens is 1. The van der Waals surface area contributed by atoms with Gasteiger partial charge in [0, 0.05) is 17.4 Å². The molecule has 3 rings (SSSR count). The number of nitrogens with zero attached hydrogens (tertiary/aromatic N) is 1. The molecule has 1 atom stereocenters. The number of ether oxygens (including phenoxy) is 1. The maximum Gasteiger partial charge on any atom is 0.328 e. The smallest absolute Gasteiger partial charge is 0.328 e. The second-order valence-corrected chi connectivity index (χ2v) is 5.65. The monoisotopic (exact) mass is 302 g/mol. The van der Waals surface area contributed by atoms with Crippen molar-refractivity contribution in [3.8, 4) is 0 Å². The molecule has 1 aromatic heterocycles. The van der Waals surface area contributed by atoms with Gasteiger partial charge in [-0.3, -0.25) is 4.79 Å². The lowest BCUT2D eigenvalue weighted by molar-refractivity contribution is -0.147. The molecule has 0 saturated carbocycles. The Balaban J connectivity index is 1.97. The highest BCUT2D eigenvalue weighted by Gasteiger charge is 2.33. The van der Waals surface area contributed by atoms with E-state index >= 15 is 0 Å². The number of amides is 1. The lowest BCUT2D eigenvalue weighted by Gasteiger charge is -2.32. The Morgan fingerprint density at radius 1 is 1.32 bits per heavy atom. The van der Waals surface area contributed by atoms with Crippen LogP contribution in [0.1, 0.15) is 21.6 Å². The van der Waals surface area contributed by atoms with Gasteiger partial charge in [-0.05, 0) is 37.1 Å². The third kappa shape index (κ3) is 2.46. The summed E-state index contributed by atoms with van der Waals surface area (Å²) >= 11 is 0. The van der Waals surface area contributed by atoms with E-state index in [0.717, 1.165) is 22.0 Å². The summed E-state index contributed by atoms with van der Waals surface area (Å²) in [5, 5.41) is 10.2. The maximum absolute atomic E-state index is 12.7. The molecule has 1 saturated heterocycles. The first-order chi connectivity index (χ1) is 10.5. The van der Waals surface area contributed by atoms with Crippen LogP contribution in [0.2, 0.25) is 0 Å². The van der Waals surface area contributed by atoms with Crippen molar-refractivity contribution in [2.24, 2.45) is 0 Å². The van der Waals surface area contributed by atoms with E-state index in [1.807, 2.05) is 19.9 Å². The molecule has 6 heteroatoms. The third-order valence-electron chi connectivity index (χ3n) is 3.99. The number of aliphatic carboxylic acids is 1. The number of aromatic amines is 1. The third-order valence-corrected chi connectivity index (χ3v) is 3.99. The summed E-state index contributed by atoms with van der Waals surface area (Å²) in [6, 6.07) is 4.89. The fraction of sp³-hybridized carbons (Fsp3) is 0.375. The van der Waals surface area contributed by atoms with Crippen LogP contribution >= 0.6 is 0 Å². The van der Waals surface area contributed by atoms with Crippen LogP contribution in [-0.2, 0) is 9.53 Å². The topological polar surface area (TPSA) is 82.6 Å². The van der Waals surface area contributed by atoms with Crippen LogP contribution in [0.4, 0.5) is 0 Å². The minimum Gasteiger partial charge on any atom is -0.480 e. The van der Waals surface area contributed by atoms with Gasteiger partial charge in [-0.2, -0.15) is 0 Å². The predicted octanol–water partition coefficient (Wildman–Crippen LogP) is 1.71. The highest BCUT2D eigenvalue weighted by atomic mass is 16.5. The number of aryl methyl sites for hydroxylation is 2. The van der Waals surface area contributed by atoms with Crippen LogP contribution in [0.3, 0.4) is 0 Å². The van der Waals surface area contributed by atoms with Gasteiger partial charge in [0.05, 0.1) is 13.2 Å². The van der Waals surface area contributed by atoms with Gasteiger partial charge in [0.2, 0.25) is 0 Å². The van der Waals surface area contributed by atoms with Crippen LogP contribution in [0.15, 0.2) is 18.2 Å². The number of morpholine rings is 1. The van der Waals surface area contributed by atoms with E-state index in [4.69, 9.17) is 4.74 Å². The molecule has 0 radical (unpaired) electrons. The van der Waals surface area contributed by atoms with E-state index in [2.05, 4.69) is 11.1 Å². The lowest BCUT2D eigenvalue weighted by Crippen LogP contribution is -2.52. The molecule has 1 amide bonds. The summed E-state index contributed by atoms with van der Waals surface area (Å²) in [5.74, 6) is -1.35. The summed E-state index contributed by atoms with van der Waals surface area (Å²) in [7, 11) is 0. The number of hydrogen-bond acceptors (Lipinski definition) is 3. The molecular weight excluding hydrogens is 284 g/mol. The molecule has 2 N–H and O–H groups in total. The molecule has 2 aromatic rings. The van der Waals surface area contributed by atoms with Crippen molar-refractivity contribution >= 4 is 22.8 Å². The average Bonchev–Trinajstić information content (AvgIpc) is 2.90. The number of fused-ring (bicyclic) bond motifs is 1. The number of hydrogen-bond donors (Lipinski definition) is 2. The lowest BCUT2D eigenvalue weighted by atomic mass is 10.1. The maximum atomic E-state index is 12.7. The van der Waals surface area contributed by atoms with E-state index in [0.29, 0.717) is 12.3 Å². The van der Waals surface area contributed by atoms with Crippen LogP contribution in [0, 0.1) is 13.8 Å². The molecule has 1 aliphatic heterocycles. The number of carboxylic acid groups (broad SMARTS) is 1. The zero-order chi connectivity index (χ0) is 15.9.